The molecule has 0 radical (unpaired) electrons. The molecule has 1 aromatic carbocycles. The number of hydrogen-bond donors (Lipinski definition) is 1. The van der Waals surface area contributed by atoms with Gasteiger partial charge in [0.1, 0.15) is 0 Å². The van der Waals surface area contributed by atoms with Gasteiger partial charge in [0.25, 0.3) is 5.91 Å². The average molecular weight is 317 g/mol. The fraction of sp³-hybridized carbons (Fsp3) is 0.417. The predicted octanol–water partition coefficient (Wildman–Crippen LogP) is 3.13. The minimum atomic E-state index is 0.0412. The molecular formula is C12H16INO. The van der Waals surface area contributed by atoms with Crippen molar-refractivity contribution in [2.75, 3.05) is 6.54 Å². The molecule has 0 unspecified atom stereocenters. The van der Waals surface area contributed by atoms with E-state index in [9.17, 15) is 4.79 Å². The van der Waals surface area contributed by atoms with Crippen LogP contribution < -0.4 is 5.32 Å². The van der Waals surface area contributed by atoms with Gasteiger partial charge in [-0.15, -0.1) is 0 Å². The number of aryl methyl sites for hydroxylation is 1. The van der Waals surface area contributed by atoms with Crippen LogP contribution in [-0.4, -0.2) is 12.5 Å². The van der Waals surface area contributed by atoms with E-state index >= 15 is 0 Å². The standard InChI is InChI=1S/C12H16INO/c1-3-4-7-14-12(15)11-8-10(13)6-5-9(11)2/h5-6,8H,3-4,7H2,1-2H3,(H,14,15). The van der Waals surface area contributed by atoms with E-state index < -0.39 is 0 Å². The summed E-state index contributed by atoms with van der Waals surface area (Å²) in [6, 6.07) is 5.92. The first-order valence-corrected chi connectivity index (χ1v) is 6.27. The highest BCUT2D eigenvalue weighted by Crippen LogP contribution is 2.12. The van der Waals surface area contributed by atoms with E-state index in [0.717, 1.165) is 34.1 Å². The van der Waals surface area contributed by atoms with Crippen LogP contribution in [0.15, 0.2) is 18.2 Å². The summed E-state index contributed by atoms with van der Waals surface area (Å²) in [6.07, 6.45) is 2.14. The number of hydrogen-bond acceptors (Lipinski definition) is 1. The molecule has 3 heteroatoms. The van der Waals surface area contributed by atoms with Crippen molar-refractivity contribution in [3.8, 4) is 0 Å². The van der Waals surface area contributed by atoms with E-state index in [1.54, 1.807) is 0 Å². The van der Waals surface area contributed by atoms with Crippen molar-refractivity contribution in [3.63, 3.8) is 0 Å². The fourth-order valence-electron chi connectivity index (χ4n) is 1.31. The third-order valence-corrected chi connectivity index (χ3v) is 2.93. The summed E-state index contributed by atoms with van der Waals surface area (Å²) < 4.78 is 1.10. The summed E-state index contributed by atoms with van der Waals surface area (Å²) in [4.78, 5) is 11.8. The van der Waals surface area contributed by atoms with Crippen LogP contribution in [0.25, 0.3) is 0 Å². The van der Waals surface area contributed by atoms with E-state index in [0.29, 0.717) is 0 Å². The van der Waals surface area contributed by atoms with Crippen LogP contribution in [0.1, 0.15) is 35.7 Å². The van der Waals surface area contributed by atoms with Crippen molar-refractivity contribution in [3.05, 3.63) is 32.9 Å². The second-order valence-electron chi connectivity index (χ2n) is 3.57. The van der Waals surface area contributed by atoms with Gasteiger partial charge in [-0.1, -0.05) is 19.4 Å². The van der Waals surface area contributed by atoms with Crippen LogP contribution in [0.3, 0.4) is 0 Å². The SMILES string of the molecule is CCCCNC(=O)c1cc(I)ccc1C. The summed E-state index contributed by atoms with van der Waals surface area (Å²) in [7, 11) is 0. The highest BCUT2D eigenvalue weighted by molar-refractivity contribution is 14.1. The fourth-order valence-corrected chi connectivity index (χ4v) is 1.80. The number of benzene rings is 1. The third kappa shape index (κ3) is 3.81. The predicted molar refractivity (Wildman–Crippen MR) is 71.1 cm³/mol. The lowest BCUT2D eigenvalue weighted by molar-refractivity contribution is 0.0952. The number of carbonyl (C=O) groups is 1. The lowest BCUT2D eigenvalue weighted by Gasteiger charge is -2.07. The molecule has 0 atom stereocenters. The Balaban J connectivity index is 2.68. The van der Waals surface area contributed by atoms with E-state index in [1.807, 2.05) is 25.1 Å². The molecule has 1 N–H and O–H groups in total. The molecule has 1 aromatic rings. The summed E-state index contributed by atoms with van der Waals surface area (Å²) in [6.45, 7) is 4.84. The van der Waals surface area contributed by atoms with Crippen molar-refractivity contribution >= 4 is 28.5 Å². The molecule has 0 heterocycles. The molecule has 0 aromatic heterocycles. The van der Waals surface area contributed by atoms with Gasteiger partial charge in [-0.2, -0.15) is 0 Å². The molecule has 0 fully saturated rings. The van der Waals surface area contributed by atoms with Crippen molar-refractivity contribution in [1.82, 2.24) is 5.32 Å². The number of carbonyl (C=O) groups excluding carboxylic acids is 1. The second kappa shape index (κ2) is 6.10. The summed E-state index contributed by atoms with van der Waals surface area (Å²) in [5.74, 6) is 0.0412. The number of rotatable bonds is 4. The van der Waals surface area contributed by atoms with Crippen molar-refractivity contribution in [1.29, 1.82) is 0 Å². The lowest BCUT2D eigenvalue weighted by Crippen LogP contribution is -2.25. The molecule has 0 aliphatic carbocycles. The smallest absolute Gasteiger partial charge is 0.251 e. The minimum Gasteiger partial charge on any atom is -0.352 e. The molecular weight excluding hydrogens is 301 g/mol. The summed E-state index contributed by atoms with van der Waals surface area (Å²) in [5.41, 5.74) is 1.82. The van der Waals surface area contributed by atoms with Gasteiger partial charge >= 0.3 is 0 Å². The molecule has 82 valence electrons. The molecule has 1 amide bonds. The highest BCUT2D eigenvalue weighted by Gasteiger charge is 2.08. The van der Waals surface area contributed by atoms with Crippen LogP contribution in [0.2, 0.25) is 0 Å². The van der Waals surface area contributed by atoms with Crippen molar-refractivity contribution in [2.45, 2.75) is 26.7 Å². The molecule has 2 nitrogen and oxygen atoms in total. The van der Waals surface area contributed by atoms with E-state index in [-0.39, 0.29) is 5.91 Å². The van der Waals surface area contributed by atoms with E-state index in [1.165, 1.54) is 0 Å². The van der Waals surface area contributed by atoms with Gasteiger partial charge in [0.05, 0.1) is 0 Å². The molecule has 0 aliphatic heterocycles. The Bertz CT molecular complexity index is 349. The monoisotopic (exact) mass is 317 g/mol. The van der Waals surface area contributed by atoms with Gasteiger partial charge in [0, 0.05) is 15.7 Å². The normalized spacial score (nSPS) is 10.1. The zero-order valence-corrected chi connectivity index (χ0v) is 11.3. The Morgan fingerprint density at radius 3 is 2.87 bits per heavy atom. The van der Waals surface area contributed by atoms with Gasteiger partial charge in [-0.25, -0.2) is 0 Å². The van der Waals surface area contributed by atoms with Crippen molar-refractivity contribution < 1.29 is 4.79 Å². The lowest BCUT2D eigenvalue weighted by atomic mass is 10.1. The second-order valence-corrected chi connectivity index (χ2v) is 4.81. The van der Waals surface area contributed by atoms with E-state index in [4.69, 9.17) is 0 Å². The quantitative estimate of drug-likeness (QED) is 0.671. The Morgan fingerprint density at radius 1 is 1.47 bits per heavy atom. The van der Waals surface area contributed by atoms with Gasteiger partial charge in [0.15, 0.2) is 0 Å². The zero-order chi connectivity index (χ0) is 11.3. The van der Waals surface area contributed by atoms with Gasteiger partial charge in [-0.3, -0.25) is 4.79 Å². The van der Waals surface area contributed by atoms with Crippen LogP contribution in [0, 0.1) is 10.5 Å². The number of amides is 1. The first-order chi connectivity index (χ1) is 7.15. The first kappa shape index (κ1) is 12.5. The average Bonchev–Trinajstić information content (AvgIpc) is 2.22. The topological polar surface area (TPSA) is 29.1 Å². The van der Waals surface area contributed by atoms with E-state index in [2.05, 4.69) is 34.8 Å². The third-order valence-electron chi connectivity index (χ3n) is 2.26. The first-order valence-electron chi connectivity index (χ1n) is 5.19. The largest absolute Gasteiger partial charge is 0.352 e. The molecule has 0 saturated heterocycles. The van der Waals surface area contributed by atoms with Crippen molar-refractivity contribution in [2.24, 2.45) is 0 Å². The Hall–Kier alpha value is -0.580. The number of unbranched alkanes of at least 4 members (excludes halogenated alkanes) is 1. The highest BCUT2D eigenvalue weighted by atomic mass is 127. The molecule has 0 aliphatic rings. The maximum Gasteiger partial charge on any atom is 0.251 e. The number of nitrogens with one attached hydrogen (secondary N) is 1. The van der Waals surface area contributed by atoms with Crippen LogP contribution in [0.5, 0.6) is 0 Å². The Morgan fingerprint density at radius 2 is 2.20 bits per heavy atom. The van der Waals surface area contributed by atoms with Gasteiger partial charge in [0.2, 0.25) is 0 Å². The van der Waals surface area contributed by atoms with Gasteiger partial charge < -0.3 is 5.32 Å². The molecule has 15 heavy (non-hydrogen) atoms. The number of halogens is 1. The Kier molecular flexibility index (Phi) is 5.08. The van der Waals surface area contributed by atoms with Crippen LogP contribution in [0.4, 0.5) is 0 Å². The summed E-state index contributed by atoms with van der Waals surface area (Å²) >= 11 is 2.22. The van der Waals surface area contributed by atoms with Crippen LogP contribution >= 0.6 is 22.6 Å². The minimum absolute atomic E-state index is 0.0412. The maximum atomic E-state index is 11.8. The maximum absolute atomic E-state index is 11.8. The molecule has 0 bridgehead atoms. The zero-order valence-electron chi connectivity index (χ0n) is 9.14. The Labute approximate surface area is 105 Å². The van der Waals surface area contributed by atoms with Crippen LogP contribution in [-0.2, 0) is 0 Å². The molecule has 0 saturated carbocycles. The summed E-state index contributed by atoms with van der Waals surface area (Å²) in [5, 5.41) is 2.93. The molecule has 0 spiro atoms. The molecule has 1 rings (SSSR count). The van der Waals surface area contributed by atoms with Gasteiger partial charge in [-0.05, 0) is 53.6 Å².